The number of hydrogen-bond acceptors (Lipinski definition) is 4. The van der Waals surface area contributed by atoms with Crippen molar-refractivity contribution in [3.05, 3.63) is 47.2 Å². The third-order valence-corrected chi connectivity index (χ3v) is 2.69. The molecule has 1 heterocycles. The minimum absolute atomic E-state index is 0.0675. The van der Waals surface area contributed by atoms with Crippen molar-refractivity contribution < 1.29 is 23.4 Å². The van der Waals surface area contributed by atoms with Crippen LogP contribution in [0.15, 0.2) is 36.7 Å². The normalized spacial score (nSPS) is 10.5. The Hall–Kier alpha value is -2.41. The van der Waals surface area contributed by atoms with Crippen molar-refractivity contribution in [1.29, 1.82) is 0 Å². The van der Waals surface area contributed by atoms with Crippen molar-refractivity contribution >= 4 is 23.2 Å². The number of ether oxygens (including phenoxy) is 1. The first kappa shape index (κ1) is 15.0. The third-order valence-electron chi connectivity index (χ3n) is 2.39. The molecule has 21 heavy (non-hydrogen) atoms. The van der Waals surface area contributed by atoms with Gasteiger partial charge in [0.05, 0.1) is 16.8 Å². The number of aromatic nitrogens is 1. The Balaban J connectivity index is 2.13. The molecule has 0 unspecified atom stereocenters. The van der Waals surface area contributed by atoms with Crippen molar-refractivity contribution in [3.8, 4) is 11.5 Å². The molecule has 0 aliphatic carbocycles. The Morgan fingerprint density at radius 2 is 2.10 bits per heavy atom. The van der Waals surface area contributed by atoms with E-state index in [4.69, 9.17) is 11.6 Å². The minimum Gasteiger partial charge on any atom is -0.506 e. The average Bonchev–Trinajstić information content (AvgIpc) is 2.41. The summed E-state index contributed by atoms with van der Waals surface area (Å²) in [4.78, 5) is 15.6. The van der Waals surface area contributed by atoms with Crippen LogP contribution in [0.25, 0.3) is 0 Å². The van der Waals surface area contributed by atoms with Gasteiger partial charge in [-0.1, -0.05) is 11.6 Å². The first-order chi connectivity index (χ1) is 9.95. The lowest BCUT2D eigenvalue weighted by Gasteiger charge is -2.09. The topological polar surface area (TPSA) is 71.5 Å². The molecule has 0 aliphatic rings. The molecule has 1 aromatic carbocycles. The van der Waals surface area contributed by atoms with Crippen molar-refractivity contribution in [3.63, 3.8) is 0 Å². The highest BCUT2D eigenvalue weighted by Crippen LogP contribution is 2.29. The van der Waals surface area contributed by atoms with E-state index in [-0.39, 0.29) is 27.8 Å². The van der Waals surface area contributed by atoms with E-state index in [0.29, 0.717) is 0 Å². The second-order valence-electron chi connectivity index (χ2n) is 3.91. The fraction of sp³-hybridized carbons (Fsp3) is 0.0769. The molecule has 110 valence electrons. The molecule has 2 N–H and O–H groups in total. The van der Waals surface area contributed by atoms with Crippen LogP contribution in [-0.4, -0.2) is 22.6 Å². The smallest absolute Gasteiger partial charge is 0.387 e. The molecule has 0 saturated heterocycles. The van der Waals surface area contributed by atoms with Crippen molar-refractivity contribution in [2.75, 3.05) is 5.32 Å². The highest BCUT2D eigenvalue weighted by molar-refractivity contribution is 6.32. The van der Waals surface area contributed by atoms with Crippen LogP contribution >= 0.6 is 11.6 Å². The number of rotatable bonds is 4. The lowest BCUT2D eigenvalue weighted by atomic mass is 10.2. The van der Waals surface area contributed by atoms with Gasteiger partial charge in [-0.05, 0) is 24.3 Å². The van der Waals surface area contributed by atoms with Gasteiger partial charge in [0, 0.05) is 11.9 Å². The maximum Gasteiger partial charge on any atom is 0.387 e. The Morgan fingerprint density at radius 1 is 1.33 bits per heavy atom. The first-order valence-electron chi connectivity index (χ1n) is 5.65. The SMILES string of the molecule is O=C(Nc1ccc(OC(F)F)c(Cl)c1)c1cncc(O)c1. The summed E-state index contributed by atoms with van der Waals surface area (Å²) in [5.74, 6) is -0.873. The number of nitrogens with zero attached hydrogens (tertiary/aromatic N) is 1. The maximum atomic E-state index is 12.1. The molecule has 1 amide bonds. The van der Waals surface area contributed by atoms with Crippen molar-refractivity contribution in [2.45, 2.75) is 6.61 Å². The van der Waals surface area contributed by atoms with Gasteiger partial charge in [0.1, 0.15) is 11.5 Å². The van der Waals surface area contributed by atoms with E-state index in [1.54, 1.807) is 0 Å². The molecule has 0 aliphatic heterocycles. The van der Waals surface area contributed by atoms with Crippen LogP contribution < -0.4 is 10.1 Å². The molecule has 5 nitrogen and oxygen atoms in total. The minimum atomic E-state index is -2.98. The Kier molecular flexibility index (Phi) is 4.54. The summed E-state index contributed by atoms with van der Waals surface area (Å²) in [7, 11) is 0. The van der Waals surface area contributed by atoms with Gasteiger partial charge in [-0.25, -0.2) is 0 Å². The number of pyridine rings is 1. The number of halogens is 3. The van der Waals surface area contributed by atoms with Gasteiger partial charge >= 0.3 is 6.61 Å². The zero-order valence-corrected chi connectivity index (χ0v) is 11.1. The summed E-state index contributed by atoms with van der Waals surface area (Å²) < 4.78 is 28.4. The van der Waals surface area contributed by atoms with Crippen LogP contribution in [0.1, 0.15) is 10.4 Å². The van der Waals surface area contributed by atoms with E-state index in [1.165, 1.54) is 36.7 Å². The van der Waals surface area contributed by atoms with Gasteiger partial charge in [-0.2, -0.15) is 8.78 Å². The fourth-order valence-corrected chi connectivity index (χ4v) is 1.75. The summed E-state index contributed by atoms with van der Waals surface area (Å²) in [6, 6.07) is 5.08. The average molecular weight is 315 g/mol. The number of carbonyl (C=O) groups excluding carboxylic acids is 1. The maximum absolute atomic E-state index is 12.1. The number of aromatic hydroxyl groups is 1. The number of amides is 1. The number of hydrogen-bond donors (Lipinski definition) is 2. The molecule has 2 aromatic rings. The van der Waals surface area contributed by atoms with Crippen LogP contribution in [0.5, 0.6) is 11.5 Å². The fourth-order valence-electron chi connectivity index (χ4n) is 1.53. The highest BCUT2D eigenvalue weighted by atomic mass is 35.5. The van der Waals surface area contributed by atoms with Gasteiger partial charge < -0.3 is 15.2 Å². The van der Waals surface area contributed by atoms with Gasteiger partial charge in [0.15, 0.2) is 0 Å². The van der Waals surface area contributed by atoms with Crippen LogP contribution in [0.2, 0.25) is 5.02 Å². The summed E-state index contributed by atoms with van der Waals surface area (Å²) in [5, 5.41) is 11.7. The van der Waals surface area contributed by atoms with Gasteiger partial charge in [0.25, 0.3) is 5.91 Å². The van der Waals surface area contributed by atoms with Crippen molar-refractivity contribution in [1.82, 2.24) is 4.98 Å². The second kappa shape index (κ2) is 6.36. The first-order valence-corrected chi connectivity index (χ1v) is 6.03. The predicted molar refractivity (Wildman–Crippen MR) is 71.9 cm³/mol. The quantitative estimate of drug-likeness (QED) is 0.908. The van der Waals surface area contributed by atoms with E-state index in [1.807, 2.05) is 0 Å². The molecular weight excluding hydrogens is 306 g/mol. The van der Waals surface area contributed by atoms with Crippen molar-refractivity contribution in [2.24, 2.45) is 0 Å². The zero-order valence-electron chi connectivity index (χ0n) is 10.4. The van der Waals surface area contributed by atoms with E-state index >= 15 is 0 Å². The van der Waals surface area contributed by atoms with Crippen LogP contribution in [0.3, 0.4) is 0 Å². The number of nitrogens with one attached hydrogen (secondary N) is 1. The molecule has 0 bridgehead atoms. The van der Waals surface area contributed by atoms with E-state index in [0.717, 1.165) is 0 Å². The van der Waals surface area contributed by atoms with E-state index in [2.05, 4.69) is 15.0 Å². The lowest BCUT2D eigenvalue weighted by Crippen LogP contribution is -2.12. The zero-order chi connectivity index (χ0) is 15.4. The number of benzene rings is 1. The molecule has 0 fully saturated rings. The highest BCUT2D eigenvalue weighted by Gasteiger charge is 2.11. The molecule has 0 radical (unpaired) electrons. The molecule has 0 saturated carbocycles. The Labute approximate surface area is 123 Å². The molecule has 2 rings (SSSR count). The van der Waals surface area contributed by atoms with E-state index < -0.39 is 12.5 Å². The predicted octanol–water partition coefficient (Wildman–Crippen LogP) is 3.29. The molecule has 8 heteroatoms. The number of alkyl halides is 2. The largest absolute Gasteiger partial charge is 0.506 e. The second-order valence-corrected chi connectivity index (χ2v) is 4.32. The lowest BCUT2D eigenvalue weighted by molar-refractivity contribution is -0.0497. The molecule has 0 spiro atoms. The number of carbonyl (C=O) groups is 1. The van der Waals surface area contributed by atoms with Gasteiger partial charge in [0.2, 0.25) is 0 Å². The van der Waals surface area contributed by atoms with Crippen LogP contribution in [0.4, 0.5) is 14.5 Å². The summed E-state index contributed by atoms with van der Waals surface area (Å²) >= 11 is 5.77. The monoisotopic (exact) mass is 314 g/mol. The van der Waals surface area contributed by atoms with E-state index in [9.17, 15) is 18.7 Å². The molecule has 0 atom stereocenters. The Morgan fingerprint density at radius 3 is 2.71 bits per heavy atom. The van der Waals surface area contributed by atoms with Crippen LogP contribution in [0, 0.1) is 0 Å². The van der Waals surface area contributed by atoms with Gasteiger partial charge in [-0.15, -0.1) is 0 Å². The Bertz CT molecular complexity index is 668. The van der Waals surface area contributed by atoms with Crippen LogP contribution in [-0.2, 0) is 0 Å². The van der Waals surface area contributed by atoms with Gasteiger partial charge in [-0.3, -0.25) is 9.78 Å². The standard InChI is InChI=1S/C13H9ClF2N2O3/c14-10-4-8(1-2-11(10)21-13(15)16)18-12(20)7-3-9(19)6-17-5-7/h1-6,13,19H,(H,18,20). The summed E-state index contributed by atoms with van der Waals surface area (Å²) in [6.45, 7) is -2.98. The molecule has 1 aromatic heterocycles. The number of anilines is 1. The molecular formula is C13H9ClF2N2O3. The summed E-state index contributed by atoms with van der Waals surface area (Å²) in [5.41, 5.74) is 0.425. The third kappa shape index (κ3) is 4.03. The summed E-state index contributed by atoms with van der Waals surface area (Å²) in [6.07, 6.45) is 2.45.